The van der Waals surface area contributed by atoms with Gasteiger partial charge in [-0.25, -0.2) is 4.79 Å². The molecule has 0 heterocycles. The van der Waals surface area contributed by atoms with Crippen molar-refractivity contribution in [3.8, 4) is 0 Å². The lowest BCUT2D eigenvalue weighted by molar-refractivity contribution is -0.133. The number of hydrogen-bond donors (Lipinski definition) is 1. The number of benzene rings is 2. The molecule has 2 aromatic rings. The molecular weight excluding hydrogens is 351 g/mol. The standard InChI is InChI=1S/C17H16Cl2N2O3/c1-21(9-11-3-2-4-13(18)7-11)16(22)10-24-17(23)12-5-6-14(19)15(20)8-12/h2-8H,9-10,20H2,1H3. The SMILES string of the molecule is CN(Cc1cccc(Cl)c1)C(=O)COC(=O)c1ccc(Cl)c(N)c1. The summed E-state index contributed by atoms with van der Waals surface area (Å²) in [6, 6.07) is 11.6. The topological polar surface area (TPSA) is 72.6 Å². The van der Waals surface area contributed by atoms with Crippen LogP contribution in [0.2, 0.25) is 10.0 Å². The van der Waals surface area contributed by atoms with Crippen molar-refractivity contribution in [2.24, 2.45) is 0 Å². The third-order valence-electron chi connectivity index (χ3n) is 3.29. The molecule has 0 atom stereocenters. The summed E-state index contributed by atoms with van der Waals surface area (Å²) in [4.78, 5) is 25.4. The molecule has 0 aliphatic carbocycles. The van der Waals surface area contributed by atoms with E-state index in [1.165, 1.54) is 23.1 Å². The van der Waals surface area contributed by atoms with Crippen molar-refractivity contribution in [2.45, 2.75) is 6.54 Å². The molecule has 0 radical (unpaired) electrons. The molecule has 0 saturated carbocycles. The van der Waals surface area contributed by atoms with Crippen LogP contribution in [0.3, 0.4) is 0 Å². The lowest BCUT2D eigenvalue weighted by Crippen LogP contribution is -2.30. The van der Waals surface area contributed by atoms with Crippen LogP contribution in [0.15, 0.2) is 42.5 Å². The van der Waals surface area contributed by atoms with E-state index in [1.54, 1.807) is 25.2 Å². The zero-order valence-corrected chi connectivity index (χ0v) is 14.5. The van der Waals surface area contributed by atoms with Gasteiger partial charge in [-0.1, -0.05) is 35.3 Å². The molecule has 126 valence electrons. The molecule has 2 aromatic carbocycles. The minimum atomic E-state index is -0.636. The van der Waals surface area contributed by atoms with Gasteiger partial charge in [0.25, 0.3) is 5.91 Å². The quantitative estimate of drug-likeness (QED) is 0.650. The number of nitrogen functional groups attached to an aromatic ring is 1. The van der Waals surface area contributed by atoms with Gasteiger partial charge in [-0.15, -0.1) is 0 Å². The van der Waals surface area contributed by atoms with Crippen molar-refractivity contribution in [3.05, 3.63) is 63.6 Å². The highest BCUT2D eigenvalue weighted by molar-refractivity contribution is 6.33. The highest BCUT2D eigenvalue weighted by Gasteiger charge is 2.14. The Balaban J connectivity index is 1.89. The Morgan fingerprint density at radius 2 is 1.92 bits per heavy atom. The van der Waals surface area contributed by atoms with Gasteiger partial charge in [-0.2, -0.15) is 0 Å². The number of esters is 1. The van der Waals surface area contributed by atoms with Gasteiger partial charge in [-0.05, 0) is 35.9 Å². The predicted octanol–water partition coefficient (Wildman–Crippen LogP) is 3.39. The maximum absolute atomic E-state index is 12.1. The van der Waals surface area contributed by atoms with Crippen molar-refractivity contribution >= 4 is 40.8 Å². The third kappa shape index (κ3) is 4.88. The highest BCUT2D eigenvalue weighted by Crippen LogP contribution is 2.20. The number of nitrogens with zero attached hydrogens (tertiary/aromatic N) is 1. The Labute approximate surface area is 149 Å². The van der Waals surface area contributed by atoms with Crippen LogP contribution in [0.5, 0.6) is 0 Å². The maximum atomic E-state index is 12.1. The van der Waals surface area contributed by atoms with Crippen LogP contribution in [0, 0.1) is 0 Å². The molecule has 2 rings (SSSR count). The molecule has 0 saturated heterocycles. The van der Waals surface area contributed by atoms with Gasteiger partial charge in [0.05, 0.1) is 16.3 Å². The van der Waals surface area contributed by atoms with Gasteiger partial charge < -0.3 is 15.4 Å². The van der Waals surface area contributed by atoms with Crippen molar-refractivity contribution in [1.82, 2.24) is 4.90 Å². The second kappa shape index (κ2) is 8.04. The fourth-order valence-corrected chi connectivity index (χ4v) is 2.32. The van der Waals surface area contributed by atoms with E-state index in [0.29, 0.717) is 16.6 Å². The first-order chi connectivity index (χ1) is 11.4. The number of ether oxygens (including phenoxy) is 1. The fourth-order valence-electron chi connectivity index (χ4n) is 1.99. The Morgan fingerprint density at radius 3 is 2.58 bits per heavy atom. The number of amides is 1. The number of rotatable bonds is 5. The number of carbonyl (C=O) groups is 2. The summed E-state index contributed by atoms with van der Waals surface area (Å²) in [7, 11) is 1.62. The monoisotopic (exact) mass is 366 g/mol. The van der Waals surface area contributed by atoms with Crippen molar-refractivity contribution < 1.29 is 14.3 Å². The van der Waals surface area contributed by atoms with Crippen molar-refractivity contribution in [3.63, 3.8) is 0 Å². The molecule has 0 aliphatic heterocycles. The van der Waals surface area contributed by atoms with Crippen LogP contribution in [0.1, 0.15) is 15.9 Å². The number of halogens is 2. The number of carbonyl (C=O) groups excluding carboxylic acids is 2. The average molecular weight is 367 g/mol. The van der Waals surface area contributed by atoms with Crippen LogP contribution >= 0.6 is 23.2 Å². The van der Waals surface area contributed by atoms with E-state index in [0.717, 1.165) is 5.56 Å². The predicted molar refractivity (Wildman–Crippen MR) is 94.1 cm³/mol. The summed E-state index contributed by atoms with van der Waals surface area (Å²) in [5, 5.41) is 0.948. The summed E-state index contributed by atoms with van der Waals surface area (Å²) in [6.45, 7) is 0.00324. The van der Waals surface area contributed by atoms with Crippen LogP contribution in [0.25, 0.3) is 0 Å². The number of nitrogens with two attached hydrogens (primary N) is 1. The average Bonchev–Trinajstić information content (AvgIpc) is 2.54. The van der Waals surface area contributed by atoms with Crippen LogP contribution in [0.4, 0.5) is 5.69 Å². The van der Waals surface area contributed by atoms with E-state index in [9.17, 15) is 9.59 Å². The number of anilines is 1. The first kappa shape index (κ1) is 18.1. The minimum Gasteiger partial charge on any atom is -0.452 e. The van der Waals surface area contributed by atoms with Crippen LogP contribution < -0.4 is 5.73 Å². The summed E-state index contributed by atoms with van der Waals surface area (Å²) in [5.41, 5.74) is 7.03. The van der Waals surface area contributed by atoms with Gasteiger partial charge in [0, 0.05) is 18.6 Å². The molecule has 5 nitrogen and oxygen atoms in total. The van der Waals surface area contributed by atoms with Crippen LogP contribution in [-0.4, -0.2) is 30.4 Å². The summed E-state index contributed by atoms with van der Waals surface area (Å²) in [6.07, 6.45) is 0. The van der Waals surface area contributed by atoms with Gasteiger partial charge in [0.2, 0.25) is 0 Å². The zero-order valence-electron chi connectivity index (χ0n) is 13.0. The Kier molecular flexibility index (Phi) is 6.06. The fraction of sp³-hybridized carbons (Fsp3) is 0.176. The Hall–Kier alpha value is -2.24. The summed E-state index contributed by atoms with van der Waals surface area (Å²) < 4.78 is 5.01. The molecule has 0 unspecified atom stereocenters. The maximum Gasteiger partial charge on any atom is 0.338 e. The molecule has 2 N–H and O–H groups in total. The van der Waals surface area contributed by atoms with Gasteiger partial charge >= 0.3 is 5.97 Å². The van der Waals surface area contributed by atoms with E-state index in [-0.39, 0.29) is 23.8 Å². The highest BCUT2D eigenvalue weighted by atomic mass is 35.5. The van der Waals surface area contributed by atoms with E-state index in [2.05, 4.69) is 0 Å². The Bertz CT molecular complexity index is 765. The van der Waals surface area contributed by atoms with E-state index in [1.807, 2.05) is 6.07 Å². The zero-order chi connectivity index (χ0) is 17.7. The lowest BCUT2D eigenvalue weighted by Gasteiger charge is -2.17. The lowest BCUT2D eigenvalue weighted by atomic mass is 10.2. The largest absolute Gasteiger partial charge is 0.452 e. The third-order valence-corrected chi connectivity index (χ3v) is 3.87. The molecule has 1 amide bonds. The van der Waals surface area contributed by atoms with Gasteiger partial charge in [0.1, 0.15) is 0 Å². The Morgan fingerprint density at radius 1 is 1.17 bits per heavy atom. The summed E-state index contributed by atoms with van der Waals surface area (Å²) in [5.74, 6) is -0.965. The van der Waals surface area contributed by atoms with E-state index >= 15 is 0 Å². The smallest absolute Gasteiger partial charge is 0.338 e. The molecule has 0 bridgehead atoms. The minimum absolute atomic E-state index is 0.238. The molecule has 0 aromatic heterocycles. The van der Waals surface area contributed by atoms with Crippen molar-refractivity contribution in [2.75, 3.05) is 19.4 Å². The van der Waals surface area contributed by atoms with Crippen LogP contribution in [-0.2, 0) is 16.1 Å². The van der Waals surface area contributed by atoms with E-state index in [4.69, 9.17) is 33.7 Å². The molecular formula is C17H16Cl2N2O3. The molecule has 7 heteroatoms. The second-order valence-corrected chi connectivity index (χ2v) is 6.04. The van der Waals surface area contributed by atoms with Gasteiger partial charge in [0.15, 0.2) is 6.61 Å². The normalized spacial score (nSPS) is 10.3. The second-order valence-electron chi connectivity index (χ2n) is 5.19. The van der Waals surface area contributed by atoms with Crippen molar-refractivity contribution in [1.29, 1.82) is 0 Å². The first-order valence-electron chi connectivity index (χ1n) is 7.07. The molecule has 24 heavy (non-hydrogen) atoms. The first-order valence-corrected chi connectivity index (χ1v) is 7.83. The van der Waals surface area contributed by atoms with E-state index < -0.39 is 5.97 Å². The summed E-state index contributed by atoms with van der Waals surface area (Å²) >= 11 is 11.7. The van der Waals surface area contributed by atoms with Gasteiger partial charge in [-0.3, -0.25) is 4.79 Å². The number of hydrogen-bond acceptors (Lipinski definition) is 4. The molecule has 0 fully saturated rings. The molecule has 0 spiro atoms. The molecule has 0 aliphatic rings. The number of likely N-dealkylation sites (N-methyl/N-ethyl adjacent to an activating group) is 1.